The van der Waals surface area contributed by atoms with Crippen LogP contribution in [0.25, 0.3) is 0 Å². The minimum Gasteiger partial charge on any atom is -0.381 e. The van der Waals surface area contributed by atoms with Gasteiger partial charge >= 0.3 is 0 Å². The van der Waals surface area contributed by atoms with E-state index in [0.717, 1.165) is 57.7 Å². The van der Waals surface area contributed by atoms with Crippen LogP contribution in [0.5, 0.6) is 0 Å². The first-order valence-corrected chi connectivity index (χ1v) is 10.5. The zero-order valence-corrected chi connectivity index (χ0v) is 16.6. The molecule has 0 saturated carbocycles. The van der Waals surface area contributed by atoms with Gasteiger partial charge in [-0.25, -0.2) is 4.98 Å². The SMILES string of the molecule is CN=C(NCc1ccnc(N2CCCCCC2)c1)N1CCC2(CCOC2)C1. The Balaban J connectivity index is 1.35. The number of rotatable bonds is 3. The summed E-state index contributed by atoms with van der Waals surface area (Å²) in [5, 5.41) is 3.57. The van der Waals surface area contributed by atoms with Crippen LogP contribution < -0.4 is 10.2 Å². The van der Waals surface area contributed by atoms with Crippen molar-refractivity contribution in [1.82, 2.24) is 15.2 Å². The number of hydrogen-bond acceptors (Lipinski definition) is 4. The first-order valence-electron chi connectivity index (χ1n) is 10.5. The van der Waals surface area contributed by atoms with Crippen LogP contribution in [0.15, 0.2) is 23.3 Å². The molecule has 3 aliphatic heterocycles. The molecule has 1 spiro atoms. The van der Waals surface area contributed by atoms with Gasteiger partial charge in [-0.05, 0) is 43.4 Å². The second-order valence-corrected chi connectivity index (χ2v) is 8.30. The van der Waals surface area contributed by atoms with Crippen LogP contribution in [0.2, 0.25) is 0 Å². The van der Waals surface area contributed by atoms with Crippen LogP contribution >= 0.6 is 0 Å². The first kappa shape index (κ1) is 18.5. The van der Waals surface area contributed by atoms with Crippen LogP contribution in [-0.4, -0.2) is 62.3 Å². The van der Waals surface area contributed by atoms with E-state index in [9.17, 15) is 0 Å². The number of aromatic nitrogens is 1. The van der Waals surface area contributed by atoms with Crippen molar-refractivity contribution in [3.63, 3.8) is 0 Å². The van der Waals surface area contributed by atoms with Crippen molar-refractivity contribution in [3.05, 3.63) is 23.9 Å². The number of anilines is 1. The molecule has 1 unspecified atom stereocenters. The van der Waals surface area contributed by atoms with Crippen molar-refractivity contribution in [2.75, 3.05) is 51.3 Å². The summed E-state index contributed by atoms with van der Waals surface area (Å²) in [4.78, 5) is 14.0. The van der Waals surface area contributed by atoms with E-state index in [2.05, 4.69) is 37.2 Å². The summed E-state index contributed by atoms with van der Waals surface area (Å²) in [6, 6.07) is 4.35. The number of guanidine groups is 1. The summed E-state index contributed by atoms with van der Waals surface area (Å²) in [6.07, 6.45) is 9.58. The molecule has 1 N–H and O–H groups in total. The molecule has 0 aliphatic carbocycles. The molecule has 0 bridgehead atoms. The highest BCUT2D eigenvalue weighted by Gasteiger charge is 2.42. The fraction of sp³-hybridized carbons (Fsp3) is 0.714. The van der Waals surface area contributed by atoms with Crippen molar-refractivity contribution >= 4 is 11.8 Å². The number of likely N-dealkylation sites (tertiary alicyclic amines) is 1. The molecular weight excluding hydrogens is 338 g/mol. The van der Waals surface area contributed by atoms with Crippen molar-refractivity contribution in [1.29, 1.82) is 0 Å². The van der Waals surface area contributed by atoms with E-state index in [1.807, 2.05) is 13.2 Å². The predicted molar refractivity (Wildman–Crippen MR) is 109 cm³/mol. The molecule has 3 aliphatic rings. The molecule has 3 saturated heterocycles. The van der Waals surface area contributed by atoms with Gasteiger partial charge in [-0.15, -0.1) is 0 Å². The Labute approximate surface area is 163 Å². The number of nitrogens with zero attached hydrogens (tertiary/aromatic N) is 4. The smallest absolute Gasteiger partial charge is 0.193 e. The summed E-state index contributed by atoms with van der Waals surface area (Å²) in [7, 11) is 1.88. The van der Waals surface area contributed by atoms with Gasteiger partial charge in [0.1, 0.15) is 5.82 Å². The molecule has 1 aromatic rings. The van der Waals surface area contributed by atoms with Crippen LogP contribution in [0.1, 0.15) is 44.1 Å². The topological polar surface area (TPSA) is 53.0 Å². The van der Waals surface area contributed by atoms with Gasteiger partial charge in [-0.1, -0.05) is 12.8 Å². The van der Waals surface area contributed by atoms with Crippen molar-refractivity contribution < 1.29 is 4.74 Å². The van der Waals surface area contributed by atoms with Gasteiger partial charge in [0.2, 0.25) is 0 Å². The van der Waals surface area contributed by atoms with Gasteiger partial charge in [0, 0.05) is 58.0 Å². The van der Waals surface area contributed by atoms with Crippen molar-refractivity contribution in [3.8, 4) is 0 Å². The zero-order valence-electron chi connectivity index (χ0n) is 16.6. The van der Waals surface area contributed by atoms with E-state index in [4.69, 9.17) is 4.74 Å². The maximum Gasteiger partial charge on any atom is 0.193 e. The Hall–Kier alpha value is -1.82. The van der Waals surface area contributed by atoms with E-state index in [1.165, 1.54) is 44.1 Å². The molecule has 3 fully saturated rings. The fourth-order valence-corrected chi connectivity index (χ4v) is 4.64. The lowest BCUT2D eigenvalue weighted by Gasteiger charge is -2.25. The minimum absolute atomic E-state index is 0.355. The number of nitrogens with one attached hydrogen (secondary N) is 1. The van der Waals surface area contributed by atoms with E-state index in [-0.39, 0.29) is 0 Å². The second kappa shape index (κ2) is 8.46. The van der Waals surface area contributed by atoms with Crippen LogP contribution in [-0.2, 0) is 11.3 Å². The summed E-state index contributed by atoms with van der Waals surface area (Å²) >= 11 is 0. The summed E-state index contributed by atoms with van der Waals surface area (Å²) in [5.74, 6) is 2.13. The van der Waals surface area contributed by atoms with E-state index < -0.39 is 0 Å². The van der Waals surface area contributed by atoms with Gasteiger partial charge in [-0.3, -0.25) is 4.99 Å². The highest BCUT2D eigenvalue weighted by atomic mass is 16.5. The molecule has 27 heavy (non-hydrogen) atoms. The van der Waals surface area contributed by atoms with Gasteiger partial charge < -0.3 is 19.9 Å². The van der Waals surface area contributed by atoms with Gasteiger partial charge in [0.25, 0.3) is 0 Å². The molecule has 0 amide bonds. The number of pyridine rings is 1. The lowest BCUT2D eigenvalue weighted by Crippen LogP contribution is -2.41. The second-order valence-electron chi connectivity index (χ2n) is 8.30. The molecule has 1 aromatic heterocycles. The van der Waals surface area contributed by atoms with Crippen LogP contribution in [0.3, 0.4) is 0 Å². The molecule has 6 nitrogen and oxygen atoms in total. The molecule has 1 atom stereocenters. The third-order valence-electron chi connectivity index (χ3n) is 6.33. The minimum atomic E-state index is 0.355. The van der Waals surface area contributed by atoms with Crippen molar-refractivity contribution in [2.24, 2.45) is 10.4 Å². The maximum absolute atomic E-state index is 5.65. The monoisotopic (exact) mass is 371 g/mol. The average molecular weight is 372 g/mol. The summed E-state index contributed by atoms with van der Waals surface area (Å²) in [5.41, 5.74) is 1.62. The van der Waals surface area contributed by atoms with Gasteiger partial charge in [0.15, 0.2) is 5.96 Å². The Bertz CT molecular complexity index is 648. The van der Waals surface area contributed by atoms with Crippen LogP contribution in [0, 0.1) is 5.41 Å². The van der Waals surface area contributed by atoms with E-state index >= 15 is 0 Å². The molecule has 6 heteroatoms. The Morgan fingerprint density at radius 2 is 2.07 bits per heavy atom. The molecular formula is C21H33N5O. The Morgan fingerprint density at radius 1 is 1.22 bits per heavy atom. The first-order chi connectivity index (χ1) is 13.3. The third kappa shape index (κ3) is 4.37. The van der Waals surface area contributed by atoms with Gasteiger partial charge in [-0.2, -0.15) is 0 Å². The normalized spacial score (nSPS) is 26.6. The maximum atomic E-state index is 5.65. The van der Waals surface area contributed by atoms with Crippen molar-refractivity contribution in [2.45, 2.75) is 45.1 Å². The van der Waals surface area contributed by atoms with Gasteiger partial charge in [0.05, 0.1) is 6.61 Å². The zero-order chi connectivity index (χ0) is 18.5. The fourth-order valence-electron chi connectivity index (χ4n) is 4.64. The van der Waals surface area contributed by atoms with E-state index in [1.54, 1.807) is 0 Å². The largest absolute Gasteiger partial charge is 0.381 e. The predicted octanol–water partition coefficient (Wildman–Crippen LogP) is 2.65. The lowest BCUT2D eigenvalue weighted by atomic mass is 9.87. The van der Waals surface area contributed by atoms with Crippen LogP contribution in [0.4, 0.5) is 5.82 Å². The molecule has 148 valence electrons. The molecule has 0 aromatic carbocycles. The molecule has 4 rings (SSSR count). The molecule has 4 heterocycles. The third-order valence-corrected chi connectivity index (χ3v) is 6.33. The van der Waals surface area contributed by atoms with E-state index in [0.29, 0.717) is 5.41 Å². The summed E-state index contributed by atoms with van der Waals surface area (Å²) < 4.78 is 5.65. The average Bonchev–Trinajstić information content (AvgIpc) is 3.24. The summed E-state index contributed by atoms with van der Waals surface area (Å²) in [6.45, 7) is 6.99. The Kier molecular flexibility index (Phi) is 5.81. The molecule has 0 radical (unpaired) electrons. The quantitative estimate of drug-likeness (QED) is 0.654. The standard InChI is InChI=1S/C21H33N5O/c1-22-20(26-12-7-21(16-26)8-13-27-17-21)24-15-18-6-9-23-19(14-18)25-10-4-2-3-5-11-25/h6,9,14H,2-5,7-8,10-13,15-17H2,1H3,(H,22,24). The highest BCUT2D eigenvalue weighted by molar-refractivity contribution is 5.80. The lowest BCUT2D eigenvalue weighted by molar-refractivity contribution is 0.156. The Morgan fingerprint density at radius 3 is 2.81 bits per heavy atom. The number of ether oxygens (including phenoxy) is 1. The highest BCUT2D eigenvalue weighted by Crippen LogP contribution is 2.38. The number of hydrogen-bond donors (Lipinski definition) is 1. The number of aliphatic imine (C=N–C) groups is 1.